The van der Waals surface area contributed by atoms with Crippen LogP contribution in [0, 0.1) is 0 Å². The molecule has 0 aromatic heterocycles. The predicted molar refractivity (Wildman–Crippen MR) is 35.5 cm³/mol. The van der Waals surface area contributed by atoms with E-state index < -0.39 is 5.97 Å². The highest BCUT2D eigenvalue weighted by Crippen LogP contribution is 2.26. The first-order valence-electron chi connectivity index (χ1n) is 3.14. The van der Waals surface area contributed by atoms with Gasteiger partial charge in [-0.15, -0.1) is 0 Å². The molecule has 0 aromatic carbocycles. The van der Waals surface area contributed by atoms with Crippen LogP contribution in [0.3, 0.4) is 0 Å². The van der Waals surface area contributed by atoms with Gasteiger partial charge in [-0.2, -0.15) is 0 Å². The molecule has 1 heterocycles. The van der Waals surface area contributed by atoms with E-state index in [0.29, 0.717) is 6.42 Å². The zero-order valence-corrected chi connectivity index (χ0v) is 6.05. The Hall–Kier alpha value is -0.990. The maximum absolute atomic E-state index is 10.3. The van der Waals surface area contributed by atoms with Gasteiger partial charge in [0, 0.05) is 6.42 Å². The summed E-state index contributed by atoms with van der Waals surface area (Å²) in [5, 5.41) is 8.45. The molecule has 0 unspecified atom stereocenters. The molecular weight excluding hydrogens is 132 g/mol. The van der Waals surface area contributed by atoms with Crippen LogP contribution in [0.4, 0.5) is 0 Å². The third-order valence-electron chi connectivity index (χ3n) is 1.38. The van der Waals surface area contributed by atoms with Crippen molar-refractivity contribution in [1.82, 2.24) is 0 Å². The second-order valence-electron chi connectivity index (χ2n) is 2.94. The van der Waals surface area contributed by atoms with Crippen molar-refractivity contribution in [3.63, 3.8) is 0 Å². The molecule has 0 atom stereocenters. The van der Waals surface area contributed by atoms with Crippen LogP contribution in [0.25, 0.3) is 0 Å². The van der Waals surface area contributed by atoms with Gasteiger partial charge in [-0.25, -0.2) is 4.79 Å². The molecule has 0 fully saturated rings. The minimum Gasteiger partial charge on any atom is -0.480 e. The fourth-order valence-electron chi connectivity index (χ4n) is 0.850. The molecule has 0 bridgehead atoms. The monoisotopic (exact) mass is 142 g/mol. The molecule has 1 N–H and O–H groups in total. The summed E-state index contributed by atoms with van der Waals surface area (Å²) in [6.07, 6.45) is 2.27. The number of ether oxygens (including phenoxy) is 1. The molecular formula is C7H10O3. The third-order valence-corrected chi connectivity index (χ3v) is 1.38. The Morgan fingerprint density at radius 2 is 2.40 bits per heavy atom. The van der Waals surface area contributed by atoms with Gasteiger partial charge in [0.2, 0.25) is 5.76 Å². The molecule has 56 valence electrons. The van der Waals surface area contributed by atoms with Crippen LogP contribution in [0.15, 0.2) is 11.8 Å². The Labute approximate surface area is 59.3 Å². The van der Waals surface area contributed by atoms with E-state index in [2.05, 4.69) is 0 Å². The van der Waals surface area contributed by atoms with E-state index in [0.717, 1.165) is 0 Å². The van der Waals surface area contributed by atoms with Crippen LogP contribution in [0.2, 0.25) is 0 Å². The first kappa shape index (κ1) is 7.12. The summed E-state index contributed by atoms with van der Waals surface area (Å²) in [5.74, 6) is -0.907. The standard InChI is InChI=1S/C7H10O3/c1-7(2)4-3-5(10-7)6(8)9/h3H,4H2,1-2H3,(H,8,9). The van der Waals surface area contributed by atoms with Gasteiger partial charge >= 0.3 is 5.97 Å². The lowest BCUT2D eigenvalue weighted by Gasteiger charge is -2.17. The molecule has 10 heavy (non-hydrogen) atoms. The Morgan fingerprint density at radius 3 is 2.60 bits per heavy atom. The zero-order valence-electron chi connectivity index (χ0n) is 6.05. The van der Waals surface area contributed by atoms with Crippen molar-refractivity contribution >= 4 is 5.97 Å². The van der Waals surface area contributed by atoms with Gasteiger partial charge in [0.05, 0.1) is 0 Å². The molecule has 0 spiro atoms. The number of hydrogen-bond donors (Lipinski definition) is 1. The Bertz CT molecular complexity index is 191. The first-order valence-corrected chi connectivity index (χ1v) is 3.14. The van der Waals surface area contributed by atoms with Crippen LogP contribution >= 0.6 is 0 Å². The largest absolute Gasteiger partial charge is 0.480 e. The molecule has 1 aliphatic heterocycles. The highest BCUT2D eigenvalue weighted by atomic mass is 16.5. The fraction of sp³-hybridized carbons (Fsp3) is 0.571. The van der Waals surface area contributed by atoms with Crippen molar-refractivity contribution in [2.75, 3.05) is 0 Å². The number of carbonyl (C=O) groups is 1. The van der Waals surface area contributed by atoms with Gasteiger partial charge in [-0.3, -0.25) is 0 Å². The number of hydrogen-bond acceptors (Lipinski definition) is 2. The van der Waals surface area contributed by atoms with Crippen LogP contribution in [-0.2, 0) is 9.53 Å². The van der Waals surface area contributed by atoms with Crippen molar-refractivity contribution in [2.45, 2.75) is 25.9 Å². The Balaban J connectivity index is 2.64. The SMILES string of the molecule is CC1(C)CC=C(C(=O)O)O1. The van der Waals surface area contributed by atoms with E-state index in [1.54, 1.807) is 6.08 Å². The van der Waals surface area contributed by atoms with E-state index >= 15 is 0 Å². The lowest BCUT2D eigenvalue weighted by atomic mass is 10.1. The van der Waals surface area contributed by atoms with Crippen LogP contribution in [-0.4, -0.2) is 16.7 Å². The second kappa shape index (κ2) is 2.01. The minimum atomic E-state index is -0.981. The van der Waals surface area contributed by atoms with E-state index in [4.69, 9.17) is 9.84 Å². The van der Waals surface area contributed by atoms with Gasteiger partial charge in [-0.05, 0) is 19.9 Å². The number of carboxylic acid groups (broad SMARTS) is 1. The van der Waals surface area contributed by atoms with Crippen LogP contribution in [0.1, 0.15) is 20.3 Å². The summed E-state index contributed by atoms with van der Waals surface area (Å²) in [6, 6.07) is 0. The van der Waals surface area contributed by atoms with E-state index in [-0.39, 0.29) is 11.4 Å². The maximum Gasteiger partial charge on any atom is 0.370 e. The van der Waals surface area contributed by atoms with Gasteiger partial charge in [0.1, 0.15) is 5.60 Å². The number of rotatable bonds is 1. The molecule has 0 saturated heterocycles. The average Bonchev–Trinajstić information content (AvgIpc) is 2.10. The molecule has 3 heteroatoms. The van der Waals surface area contributed by atoms with E-state index in [1.807, 2.05) is 13.8 Å². The summed E-state index contributed by atoms with van der Waals surface area (Å²) in [6.45, 7) is 3.72. The van der Waals surface area contributed by atoms with Crippen molar-refractivity contribution in [2.24, 2.45) is 0 Å². The molecule has 1 rings (SSSR count). The summed E-state index contributed by atoms with van der Waals surface area (Å²) in [4.78, 5) is 10.3. The summed E-state index contributed by atoms with van der Waals surface area (Å²) in [7, 11) is 0. The smallest absolute Gasteiger partial charge is 0.370 e. The summed E-state index contributed by atoms with van der Waals surface area (Å²) >= 11 is 0. The fourth-order valence-corrected chi connectivity index (χ4v) is 0.850. The number of aliphatic carboxylic acids is 1. The topological polar surface area (TPSA) is 46.5 Å². The predicted octanol–water partition coefficient (Wildman–Crippen LogP) is 1.15. The van der Waals surface area contributed by atoms with Crippen molar-refractivity contribution in [1.29, 1.82) is 0 Å². The lowest BCUT2D eigenvalue weighted by Crippen LogP contribution is -2.19. The van der Waals surface area contributed by atoms with E-state index in [9.17, 15) is 4.79 Å². The molecule has 1 aliphatic rings. The minimum absolute atomic E-state index is 0.0741. The highest BCUT2D eigenvalue weighted by molar-refractivity contribution is 5.84. The Morgan fingerprint density at radius 1 is 1.80 bits per heavy atom. The highest BCUT2D eigenvalue weighted by Gasteiger charge is 2.28. The first-order chi connectivity index (χ1) is 4.51. The zero-order chi connectivity index (χ0) is 7.78. The third kappa shape index (κ3) is 1.29. The van der Waals surface area contributed by atoms with Crippen LogP contribution in [0.5, 0.6) is 0 Å². The molecule has 0 saturated carbocycles. The molecule has 3 nitrogen and oxygen atoms in total. The van der Waals surface area contributed by atoms with E-state index in [1.165, 1.54) is 0 Å². The quantitative estimate of drug-likeness (QED) is 0.597. The normalized spacial score (nSPS) is 21.6. The molecule has 0 radical (unpaired) electrons. The molecule has 0 amide bonds. The average molecular weight is 142 g/mol. The maximum atomic E-state index is 10.3. The Kier molecular flexibility index (Phi) is 1.43. The number of carboxylic acids is 1. The van der Waals surface area contributed by atoms with Crippen molar-refractivity contribution < 1.29 is 14.6 Å². The van der Waals surface area contributed by atoms with Gasteiger partial charge in [0.15, 0.2) is 0 Å². The summed E-state index contributed by atoms with van der Waals surface area (Å²) in [5.41, 5.74) is -0.326. The summed E-state index contributed by atoms with van der Waals surface area (Å²) < 4.78 is 5.07. The van der Waals surface area contributed by atoms with Crippen molar-refractivity contribution in [3.8, 4) is 0 Å². The lowest BCUT2D eigenvalue weighted by molar-refractivity contribution is -0.138. The van der Waals surface area contributed by atoms with Gasteiger partial charge in [0.25, 0.3) is 0 Å². The molecule has 0 aliphatic carbocycles. The van der Waals surface area contributed by atoms with Gasteiger partial charge < -0.3 is 9.84 Å². The second-order valence-corrected chi connectivity index (χ2v) is 2.94. The van der Waals surface area contributed by atoms with Crippen molar-refractivity contribution in [3.05, 3.63) is 11.8 Å². The molecule has 0 aromatic rings. The van der Waals surface area contributed by atoms with Gasteiger partial charge in [-0.1, -0.05) is 0 Å². The van der Waals surface area contributed by atoms with Crippen LogP contribution < -0.4 is 0 Å².